The van der Waals surface area contributed by atoms with Gasteiger partial charge < -0.3 is 10.6 Å². The summed E-state index contributed by atoms with van der Waals surface area (Å²) in [4.78, 5) is 11.9. The zero-order chi connectivity index (χ0) is 11.9. The van der Waals surface area contributed by atoms with Crippen LogP contribution in [0, 0.1) is 0 Å². The van der Waals surface area contributed by atoms with Gasteiger partial charge in [-0.05, 0) is 25.5 Å². The zero-order valence-electron chi connectivity index (χ0n) is 10.1. The second-order valence-electron chi connectivity index (χ2n) is 4.42. The predicted molar refractivity (Wildman–Crippen MR) is 65.5 cm³/mol. The molecule has 2 N–H and O–H groups in total. The van der Waals surface area contributed by atoms with E-state index in [0.717, 1.165) is 25.9 Å². The Kier molecular flexibility index (Phi) is 4.55. The second-order valence-corrected chi connectivity index (χ2v) is 4.42. The lowest BCUT2D eigenvalue weighted by molar-refractivity contribution is -0.123. The summed E-state index contributed by atoms with van der Waals surface area (Å²) in [6.45, 7) is 2.32. The zero-order valence-corrected chi connectivity index (χ0v) is 10.1. The SMILES string of the molecule is O=C(NCCn1cccn1)C1CCCCCN1. The molecule has 0 spiro atoms. The third kappa shape index (κ3) is 3.85. The van der Waals surface area contributed by atoms with Gasteiger partial charge in [-0.15, -0.1) is 0 Å². The quantitative estimate of drug-likeness (QED) is 0.802. The number of carbonyl (C=O) groups excluding carboxylic acids is 1. The first-order chi connectivity index (χ1) is 8.36. The summed E-state index contributed by atoms with van der Waals surface area (Å²) in [5.74, 6) is 0.124. The fourth-order valence-corrected chi connectivity index (χ4v) is 2.10. The first-order valence-corrected chi connectivity index (χ1v) is 6.35. The van der Waals surface area contributed by atoms with Crippen LogP contribution in [0.2, 0.25) is 0 Å². The summed E-state index contributed by atoms with van der Waals surface area (Å²) in [6, 6.07) is 1.88. The minimum absolute atomic E-state index is 0.00452. The largest absolute Gasteiger partial charge is 0.353 e. The molecule has 0 aromatic carbocycles. The molecule has 2 heterocycles. The van der Waals surface area contributed by atoms with E-state index in [4.69, 9.17) is 0 Å². The molecule has 5 nitrogen and oxygen atoms in total. The Hall–Kier alpha value is -1.36. The fraction of sp³-hybridized carbons (Fsp3) is 0.667. The Bertz CT molecular complexity index is 328. The molecule has 1 aromatic rings. The average Bonchev–Trinajstić information content (AvgIpc) is 2.69. The van der Waals surface area contributed by atoms with Crippen LogP contribution in [0.25, 0.3) is 0 Å². The van der Waals surface area contributed by atoms with Gasteiger partial charge in [0.05, 0.1) is 12.6 Å². The molecule has 94 valence electrons. The highest BCUT2D eigenvalue weighted by molar-refractivity contribution is 5.81. The fourth-order valence-electron chi connectivity index (χ4n) is 2.10. The van der Waals surface area contributed by atoms with Gasteiger partial charge >= 0.3 is 0 Å². The Morgan fingerprint density at radius 3 is 3.24 bits per heavy atom. The molecule has 0 radical (unpaired) electrons. The van der Waals surface area contributed by atoms with Crippen LogP contribution in [0.3, 0.4) is 0 Å². The lowest BCUT2D eigenvalue weighted by atomic mass is 10.1. The highest BCUT2D eigenvalue weighted by Crippen LogP contribution is 2.08. The Morgan fingerprint density at radius 2 is 2.41 bits per heavy atom. The van der Waals surface area contributed by atoms with Crippen molar-refractivity contribution in [3.8, 4) is 0 Å². The lowest BCUT2D eigenvalue weighted by Gasteiger charge is -2.15. The van der Waals surface area contributed by atoms with E-state index in [1.807, 2.05) is 16.9 Å². The molecule has 1 aliphatic rings. The van der Waals surface area contributed by atoms with Gasteiger partial charge in [0.1, 0.15) is 0 Å². The van der Waals surface area contributed by atoms with E-state index in [2.05, 4.69) is 15.7 Å². The van der Waals surface area contributed by atoms with E-state index in [1.54, 1.807) is 6.20 Å². The van der Waals surface area contributed by atoms with E-state index in [1.165, 1.54) is 12.8 Å². The van der Waals surface area contributed by atoms with Gasteiger partial charge in [-0.1, -0.05) is 12.8 Å². The Morgan fingerprint density at radius 1 is 1.47 bits per heavy atom. The van der Waals surface area contributed by atoms with Crippen LogP contribution in [0.1, 0.15) is 25.7 Å². The summed E-state index contributed by atoms with van der Waals surface area (Å²) in [5, 5.41) is 10.3. The van der Waals surface area contributed by atoms with Crippen LogP contribution in [-0.2, 0) is 11.3 Å². The average molecular weight is 236 g/mol. The standard InChI is InChI=1S/C12H20N4O/c17-12(11-5-2-1-3-6-13-11)14-8-10-16-9-4-7-15-16/h4,7,9,11,13H,1-3,5-6,8,10H2,(H,14,17). The number of aromatic nitrogens is 2. The highest BCUT2D eigenvalue weighted by atomic mass is 16.2. The molecule has 1 aliphatic heterocycles. The number of nitrogens with one attached hydrogen (secondary N) is 2. The maximum Gasteiger partial charge on any atom is 0.237 e. The van der Waals surface area contributed by atoms with Gasteiger partial charge in [-0.3, -0.25) is 9.48 Å². The minimum atomic E-state index is -0.00452. The molecular formula is C12H20N4O. The van der Waals surface area contributed by atoms with Crippen LogP contribution in [0.5, 0.6) is 0 Å². The number of hydrogen-bond acceptors (Lipinski definition) is 3. The number of amides is 1. The summed E-state index contributed by atoms with van der Waals surface area (Å²) in [5.41, 5.74) is 0. The van der Waals surface area contributed by atoms with E-state index < -0.39 is 0 Å². The van der Waals surface area contributed by atoms with Crippen molar-refractivity contribution < 1.29 is 4.79 Å². The Balaban J connectivity index is 1.69. The second kappa shape index (κ2) is 6.39. The number of nitrogens with zero attached hydrogens (tertiary/aromatic N) is 2. The van der Waals surface area contributed by atoms with Gasteiger partial charge in [0.2, 0.25) is 5.91 Å². The monoisotopic (exact) mass is 236 g/mol. The molecule has 5 heteroatoms. The van der Waals surface area contributed by atoms with Crippen molar-refractivity contribution in [2.24, 2.45) is 0 Å². The third-order valence-corrected chi connectivity index (χ3v) is 3.08. The van der Waals surface area contributed by atoms with Gasteiger partial charge in [0, 0.05) is 18.9 Å². The molecule has 1 amide bonds. The van der Waals surface area contributed by atoms with Crippen LogP contribution in [0.4, 0.5) is 0 Å². The summed E-state index contributed by atoms with van der Waals surface area (Å²) in [7, 11) is 0. The van der Waals surface area contributed by atoms with Gasteiger partial charge in [0.25, 0.3) is 0 Å². The summed E-state index contributed by atoms with van der Waals surface area (Å²) < 4.78 is 1.82. The Labute approximate surface area is 102 Å². The molecule has 17 heavy (non-hydrogen) atoms. The van der Waals surface area contributed by atoms with E-state index in [-0.39, 0.29) is 11.9 Å². The smallest absolute Gasteiger partial charge is 0.237 e. The van der Waals surface area contributed by atoms with Crippen molar-refractivity contribution >= 4 is 5.91 Å². The molecule has 2 rings (SSSR count). The molecule has 0 saturated carbocycles. The van der Waals surface area contributed by atoms with Gasteiger partial charge in [-0.2, -0.15) is 5.10 Å². The maximum absolute atomic E-state index is 11.9. The van der Waals surface area contributed by atoms with Gasteiger partial charge in [-0.25, -0.2) is 0 Å². The van der Waals surface area contributed by atoms with Crippen LogP contribution in [-0.4, -0.2) is 34.8 Å². The van der Waals surface area contributed by atoms with E-state index in [9.17, 15) is 4.79 Å². The number of carbonyl (C=O) groups is 1. The van der Waals surface area contributed by atoms with Crippen LogP contribution < -0.4 is 10.6 Å². The maximum atomic E-state index is 11.9. The van der Waals surface area contributed by atoms with Crippen molar-refractivity contribution in [1.82, 2.24) is 20.4 Å². The number of hydrogen-bond donors (Lipinski definition) is 2. The molecule has 1 aromatic heterocycles. The van der Waals surface area contributed by atoms with E-state index in [0.29, 0.717) is 6.54 Å². The van der Waals surface area contributed by atoms with Crippen LogP contribution >= 0.6 is 0 Å². The van der Waals surface area contributed by atoms with Crippen molar-refractivity contribution in [3.63, 3.8) is 0 Å². The molecule has 1 saturated heterocycles. The summed E-state index contributed by atoms with van der Waals surface area (Å²) in [6.07, 6.45) is 8.14. The lowest BCUT2D eigenvalue weighted by Crippen LogP contribution is -2.44. The van der Waals surface area contributed by atoms with Gasteiger partial charge in [0.15, 0.2) is 0 Å². The first kappa shape index (κ1) is 12.1. The molecule has 0 aliphatic carbocycles. The van der Waals surface area contributed by atoms with E-state index >= 15 is 0 Å². The topological polar surface area (TPSA) is 59.0 Å². The first-order valence-electron chi connectivity index (χ1n) is 6.35. The summed E-state index contributed by atoms with van der Waals surface area (Å²) >= 11 is 0. The third-order valence-electron chi connectivity index (χ3n) is 3.08. The van der Waals surface area contributed by atoms with Crippen molar-refractivity contribution in [2.75, 3.05) is 13.1 Å². The highest BCUT2D eigenvalue weighted by Gasteiger charge is 2.18. The normalized spacial score (nSPS) is 20.8. The molecule has 1 atom stereocenters. The van der Waals surface area contributed by atoms with Crippen molar-refractivity contribution in [2.45, 2.75) is 38.3 Å². The van der Waals surface area contributed by atoms with Crippen LogP contribution in [0.15, 0.2) is 18.5 Å². The molecule has 1 unspecified atom stereocenters. The van der Waals surface area contributed by atoms with Crippen molar-refractivity contribution in [3.05, 3.63) is 18.5 Å². The molecule has 1 fully saturated rings. The molecular weight excluding hydrogens is 216 g/mol. The minimum Gasteiger partial charge on any atom is -0.353 e. The van der Waals surface area contributed by atoms with Crippen molar-refractivity contribution in [1.29, 1.82) is 0 Å². The number of rotatable bonds is 4. The predicted octanol–water partition coefficient (Wildman–Crippen LogP) is 0.531. The molecule has 0 bridgehead atoms.